The number of benzene rings is 3. The number of fused-ring (bicyclic) bond motifs is 1. The van der Waals surface area contributed by atoms with Gasteiger partial charge in [0, 0.05) is 10.4 Å². The van der Waals surface area contributed by atoms with E-state index in [4.69, 9.17) is 11.6 Å². The maximum absolute atomic E-state index is 11.9. The maximum Gasteiger partial charge on any atom is 0.0857 e. The van der Waals surface area contributed by atoms with Gasteiger partial charge >= 0.3 is 0 Å². The van der Waals surface area contributed by atoms with Crippen LogP contribution in [0.2, 0.25) is 5.02 Å². The molecule has 5 heteroatoms. The monoisotopic (exact) mass is 296 g/mol. The molecule has 0 aliphatic carbocycles. The molecule has 0 heterocycles. The first kappa shape index (κ1) is 13.4. The van der Waals surface area contributed by atoms with Crippen molar-refractivity contribution in [2.45, 2.75) is 0 Å². The summed E-state index contributed by atoms with van der Waals surface area (Å²) in [5, 5.41) is 33.4. The standard InChI is InChI=1S/C16H11ClN2O2/c17-11-6-8-14(20)13(9-11)18-19-16-12-4-2-1-3-10(12)5-7-15(16)21/h1-9,20-21H/p-2. The van der Waals surface area contributed by atoms with Gasteiger partial charge < -0.3 is 10.2 Å². The van der Waals surface area contributed by atoms with E-state index in [0.717, 1.165) is 5.39 Å². The van der Waals surface area contributed by atoms with Crippen LogP contribution >= 0.6 is 11.6 Å². The van der Waals surface area contributed by atoms with Crippen molar-refractivity contribution in [3.8, 4) is 11.5 Å². The Balaban J connectivity index is 2.11. The van der Waals surface area contributed by atoms with Gasteiger partial charge in [-0.15, -0.1) is 0 Å². The second-order valence-corrected chi connectivity index (χ2v) is 4.88. The van der Waals surface area contributed by atoms with Gasteiger partial charge in [-0.25, -0.2) is 0 Å². The summed E-state index contributed by atoms with van der Waals surface area (Å²) in [5.74, 6) is -0.539. The smallest absolute Gasteiger partial charge is 0.0857 e. The third kappa shape index (κ3) is 2.66. The third-order valence-electron chi connectivity index (χ3n) is 3.04. The summed E-state index contributed by atoms with van der Waals surface area (Å²) in [5.41, 5.74) is 0.322. The lowest BCUT2D eigenvalue weighted by atomic mass is 10.1. The second-order valence-electron chi connectivity index (χ2n) is 4.45. The SMILES string of the molecule is [O-]c1ccc(Cl)cc1N=Nc1c([O-])ccc2ccccc12. The van der Waals surface area contributed by atoms with E-state index in [2.05, 4.69) is 10.2 Å². The first-order chi connectivity index (χ1) is 10.1. The zero-order valence-electron chi connectivity index (χ0n) is 10.8. The van der Waals surface area contributed by atoms with E-state index in [1.54, 1.807) is 12.1 Å². The number of hydrogen-bond donors (Lipinski definition) is 0. The first-order valence-electron chi connectivity index (χ1n) is 6.22. The van der Waals surface area contributed by atoms with E-state index < -0.39 is 0 Å². The van der Waals surface area contributed by atoms with E-state index >= 15 is 0 Å². The topological polar surface area (TPSA) is 70.8 Å². The van der Waals surface area contributed by atoms with Gasteiger partial charge in [-0.3, -0.25) is 0 Å². The van der Waals surface area contributed by atoms with Crippen LogP contribution in [-0.2, 0) is 0 Å². The Morgan fingerprint density at radius 2 is 1.57 bits per heavy atom. The van der Waals surface area contributed by atoms with Crippen molar-refractivity contribution in [2.24, 2.45) is 10.2 Å². The summed E-state index contributed by atoms with van der Waals surface area (Å²) in [4.78, 5) is 0. The summed E-state index contributed by atoms with van der Waals surface area (Å²) in [6.07, 6.45) is 0. The summed E-state index contributed by atoms with van der Waals surface area (Å²) < 4.78 is 0. The molecule has 4 nitrogen and oxygen atoms in total. The van der Waals surface area contributed by atoms with Gasteiger partial charge in [0.25, 0.3) is 0 Å². The van der Waals surface area contributed by atoms with Crippen LogP contribution in [0, 0.1) is 0 Å². The second kappa shape index (κ2) is 5.42. The minimum Gasteiger partial charge on any atom is -0.871 e. The highest BCUT2D eigenvalue weighted by Gasteiger charge is 2.01. The van der Waals surface area contributed by atoms with E-state index in [-0.39, 0.29) is 22.9 Å². The molecule has 0 saturated heterocycles. The highest BCUT2D eigenvalue weighted by molar-refractivity contribution is 6.30. The van der Waals surface area contributed by atoms with E-state index in [1.165, 1.54) is 24.3 Å². The predicted molar refractivity (Wildman–Crippen MR) is 78.5 cm³/mol. The molecule has 0 atom stereocenters. The summed E-state index contributed by atoms with van der Waals surface area (Å²) >= 11 is 5.82. The average Bonchev–Trinajstić information content (AvgIpc) is 2.49. The lowest BCUT2D eigenvalue weighted by Crippen LogP contribution is -1.90. The molecule has 3 aromatic carbocycles. The van der Waals surface area contributed by atoms with Crippen LogP contribution < -0.4 is 10.2 Å². The quantitative estimate of drug-likeness (QED) is 0.669. The molecule has 0 aromatic heterocycles. The molecular weight excluding hydrogens is 288 g/mol. The van der Waals surface area contributed by atoms with Crippen LogP contribution in [0.3, 0.4) is 0 Å². The Bertz CT molecular complexity index is 847. The number of halogens is 1. The molecule has 0 spiro atoms. The van der Waals surface area contributed by atoms with Crippen LogP contribution in [-0.4, -0.2) is 0 Å². The highest BCUT2D eigenvalue weighted by atomic mass is 35.5. The molecule has 0 bridgehead atoms. The van der Waals surface area contributed by atoms with Crippen LogP contribution in [0.25, 0.3) is 10.8 Å². The van der Waals surface area contributed by atoms with Crippen molar-refractivity contribution in [3.05, 3.63) is 59.6 Å². The molecular formula is C16H9ClN2O2-2. The molecule has 3 rings (SSSR count). The highest BCUT2D eigenvalue weighted by Crippen LogP contribution is 2.35. The number of azo groups is 1. The van der Waals surface area contributed by atoms with Crippen molar-refractivity contribution in [2.75, 3.05) is 0 Å². The molecule has 21 heavy (non-hydrogen) atoms. The summed E-state index contributed by atoms with van der Waals surface area (Å²) in [6, 6.07) is 14.8. The van der Waals surface area contributed by atoms with Crippen molar-refractivity contribution in [3.63, 3.8) is 0 Å². The van der Waals surface area contributed by atoms with Crippen LogP contribution in [0.15, 0.2) is 64.8 Å². The van der Waals surface area contributed by atoms with Gasteiger partial charge in [0.2, 0.25) is 0 Å². The predicted octanol–water partition coefficient (Wildman–Crippen LogP) is 4.06. The van der Waals surface area contributed by atoms with Crippen molar-refractivity contribution in [1.29, 1.82) is 0 Å². The molecule has 0 amide bonds. The van der Waals surface area contributed by atoms with E-state index in [1.807, 2.05) is 18.2 Å². The van der Waals surface area contributed by atoms with Crippen molar-refractivity contribution in [1.82, 2.24) is 0 Å². The fraction of sp³-hybridized carbons (Fsp3) is 0. The maximum atomic E-state index is 11.9. The van der Waals surface area contributed by atoms with Crippen LogP contribution in [0.1, 0.15) is 0 Å². The molecule has 0 radical (unpaired) electrons. The zero-order valence-corrected chi connectivity index (χ0v) is 11.5. The summed E-state index contributed by atoms with van der Waals surface area (Å²) in [7, 11) is 0. The lowest BCUT2D eigenvalue weighted by Gasteiger charge is -2.12. The molecule has 104 valence electrons. The largest absolute Gasteiger partial charge is 0.871 e. The number of nitrogens with zero attached hydrogens (tertiary/aromatic N) is 2. The molecule has 0 N–H and O–H groups in total. The Kier molecular flexibility index (Phi) is 3.46. The Morgan fingerprint density at radius 1 is 0.810 bits per heavy atom. The Labute approximate surface area is 126 Å². The van der Waals surface area contributed by atoms with Crippen LogP contribution in [0.5, 0.6) is 11.5 Å². The fourth-order valence-electron chi connectivity index (χ4n) is 2.01. The van der Waals surface area contributed by atoms with Gasteiger partial charge in [-0.1, -0.05) is 65.6 Å². The number of rotatable bonds is 2. The van der Waals surface area contributed by atoms with E-state index in [0.29, 0.717) is 10.4 Å². The fourth-order valence-corrected chi connectivity index (χ4v) is 2.18. The minimum absolute atomic E-state index is 0.106. The average molecular weight is 297 g/mol. The molecule has 0 unspecified atom stereocenters. The molecule has 0 aliphatic heterocycles. The third-order valence-corrected chi connectivity index (χ3v) is 3.28. The molecule has 3 aromatic rings. The number of hydrogen-bond acceptors (Lipinski definition) is 4. The zero-order chi connectivity index (χ0) is 14.8. The van der Waals surface area contributed by atoms with Gasteiger partial charge in [-0.05, 0) is 17.5 Å². The molecule has 0 fully saturated rings. The molecule has 0 aliphatic rings. The van der Waals surface area contributed by atoms with Gasteiger partial charge in [0.1, 0.15) is 0 Å². The first-order valence-corrected chi connectivity index (χ1v) is 6.60. The Morgan fingerprint density at radius 3 is 2.43 bits per heavy atom. The van der Waals surface area contributed by atoms with Gasteiger partial charge in [0.05, 0.1) is 11.4 Å². The van der Waals surface area contributed by atoms with Gasteiger partial charge in [-0.2, -0.15) is 10.2 Å². The van der Waals surface area contributed by atoms with Gasteiger partial charge in [0.15, 0.2) is 0 Å². The molecule has 0 saturated carbocycles. The van der Waals surface area contributed by atoms with Crippen molar-refractivity contribution >= 4 is 33.7 Å². The van der Waals surface area contributed by atoms with E-state index in [9.17, 15) is 10.2 Å². The Hall–Kier alpha value is -2.59. The van der Waals surface area contributed by atoms with Crippen molar-refractivity contribution < 1.29 is 10.2 Å². The summed E-state index contributed by atoms with van der Waals surface area (Å²) in [6.45, 7) is 0. The normalized spacial score (nSPS) is 11.3. The van der Waals surface area contributed by atoms with Crippen LogP contribution in [0.4, 0.5) is 11.4 Å². The lowest BCUT2D eigenvalue weighted by molar-refractivity contribution is -0.268. The minimum atomic E-state index is -0.296.